The van der Waals surface area contributed by atoms with Gasteiger partial charge in [0.25, 0.3) is 5.82 Å². The molecule has 100 valence electrons. The zero-order valence-electron chi connectivity index (χ0n) is 9.31. The van der Waals surface area contributed by atoms with Crippen LogP contribution in [-0.4, -0.2) is 31.8 Å². The van der Waals surface area contributed by atoms with Gasteiger partial charge in [-0.05, 0) is 18.4 Å². The van der Waals surface area contributed by atoms with Crippen LogP contribution in [0.25, 0.3) is 4.96 Å². The third-order valence-electron chi connectivity index (χ3n) is 2.21. The lowest BCUT2D eigenvalue weighted by atomic mass is 10.2. The molecule has 2 N–H and O–H groups in total. The Morgan fingerprint density at radius 2 is 2.17 bits per heavy atom. The van der Waals surface area contributed by atoms with E-state index in [2.05, 4.69) is 15.3 Å². The third kappa shape index (κ3) is 2.59. The Balaban J connectivity index is 2.31. The van der Waals surface area contributed by atoms with E-state index in [4.69, 9.17) is 5.73 Å². The molecule has 0 radical (unpaired) electrons. The predicted molar refractivity (Wildman–Crippen MR) is 63.6 cm³/mol. The van der Waals surface area contributed by atoms with Crippen molar-refractivity contribution >= 4 is 28.1 Å². The van der Waals surface area contributed by atoms with Gasteiger partial charge in [0.15, 0.2) is 0 Å². The van der Waals surface area contributed by atoms with E-state index in [0.29, 0.717) is 15.9 Å². The van der Waals surface area contributed by atoms with Crippen LogP contribution < -0.4 is 5.73 Å². The van der Waals surface area contributed by atoms with Gasteiger partial charge in [-0.25, -0.2) is 0 Å². The van der Waals surface area contributed by atoms with Crippen LogP contribution in [0.5, 0.6) is 0 Å². The Kier molecular flexibility index (Phi) is 3.78. The molecule has 0 amide bonds. The Hall–Kier alpha value is -0.870. The first kappa shape index (κ1) is 13.6. The van der Waals surface area contributed by atoms with Crippen molar-refractivity contribution in [1.29, 1.82) is 0 Å². The van der Waals surface area contributed by atoms with Crippen molar-refractivity contribution in [2.75, 3.05) is 12.0 Å². The van der Waals surface area contributed by atoms with Gasteiger partial charge in [0.2, 0.25) is 4.96 Å². The van der Waals surface area contributed by atoms with E-state index in [0.717, 1.165) is 17.1 Å². The van der Waals surface area contributed by atoms with Crippen molar-refractivity contribution in [3.8, 4) is 0 Å². The van der Waals surface area contributed by atoms with Gasteiger partial charge in [-0.2, -0.15) is 34.5 Å². The number of thioether (sulfide) groups is 1. The lowest BCUT2D eigenvalue weighted by molar-refractivity contribution is -0.146. The van der Waals surface area contributed by atoms with E-state index in [1.54, 1.807) is 11.8 Å². The number of aromatic nitrogens is 4. The highest BCUT2D eigenvalue weighted by Gasteiger charge is 2.38. The largest absolute Gasteiger partial charge is 0.453 e. The van der Waals surface area contributed by atoms with Gasteiger partial charge in [-0.1, -0.05) is 11.3 Å². The monoisotopic (exact) mass is 297 g/mol. The number of alkyl halides is 3. The number of hydrogen-bond donors (Lipinski definition) is 1. The van der Waals surface area contributed by atoms with Crippen LogP contribution in [0.4, 0.5) is 13.2 Å². The fraction of sp³-hybridized carbons (Fsp3) is 0.625. The molecule has 0 saturated carbocycles. The minimum absolute atomic E-state index is 0.108. The summed E-state index contributed by atoms with van der Waals surface area (Å²) in [6.45, 7) is 0. The van der Waals surface area contributed by atoms with Crippen molar-refractivity contribution in [2.24, 2.45) is 5.73 Å². The highest BCUT2D eigenvalue weighted by molar-refractivity contribution is 7.98. The van der Waals surface area contributed by atoms with Gasteiger partial charge < -0.3 is 5.73 Å². The summed E-state index contributed by atoms with van der Waals surface area (Å²) >= 11 is 2.66. The summed E-state index contributed by atoms with van der Waals surface area (Å²) in [6, 6.07) is -0.370. The summed E-state index contributed by atoms with van der Waals surface area (Å²) in [6.07, 6.45) is -1.96. The molecular formula is C8H10F3N5S2. The normalized spacial score (nSPS) is 14.3. The molecule has 2 rings (SSSR count). The first-order chi connectivity index (χ1) is 8.43. The van der Waals surface area contributed by atoms with Gasteiger partial charge in [-0.3, -0.25) is 0 Å². The maximum absolute atomic E-state index is 12.6. The molecular weight excluding hydrogens is 287 g/mol. The van der Waals surface area contributed by atoms with Gasteiger partial charge in [0.05, 0.1) is 6.04 Å². The molecule has 0 saturated heterocycles. The zero-order valence-corrected chi connectivity index (χ0v) is 10.9. The van der Waals surface area contributed by atoms with Crippen molar-refractivity contribution in [2.45, 2.75) is 18.6 Å². The molecule has 0 aliphatic carbocycles. The standard InChI is InChI=1S/C8H10F3N5S2/c1-17-3-2-4(12)5-15-16-6(8(9,10)11)13-14-7(16)18-5/h4H,2-3,12H2,1H3. The Morgan fingerprint density at radius 3 is 2.78 bits per heavy atom. The molecule has 0 aromatic carbocycles. The Morgan fingerprint density at radius 1 is 1.44 bits per heavy atom. The molecule has 0 aliphatic rings. The quantitative estimate of drug-likeness (QED) is 0.934. The van der Waals surface area contributed by atoms with E-state index >= 15 is 0 Å². The summed E-state index contributed by atoms with van der Waals surface area (Å²) in [5.41, 5.74) is 5.86. The first-order valence-electron chi connectivity index (χ1n) is 4.97. The Bertz CT molecular complexity index is 534. The van der Waals surface area contributed by atoms with E-state index in [-0.39, 0.29) is 11.0 Å². The minimum atomic E-state index is -4.56. The predicted octanol–water partition coefficient (Wildman–Crippen LogP) is 1.96. The second-order valence-corrected chi connectivity index (χ2v) is 5.52. The molecule has 1 unspecified atom stereocenters. The SMILES string of the molecule is CSCCC(N)c1nn2c(C(F)(F)F)nnc2s1. The minimum Gasteiger partial charge on any atom is -0.322 e. The van der Waals surface area contributed by atoms with Crippen LogP contribution in [0.15, 0.2) is 0 Å². The molecule has 0 spiro atoms. The lowest BCUT2D eigenvalue weighted by Crippen LogP contribution is -2.14. The van der Waals surface area contributed by atoms with Gasteiger partial charge >= 0.3 is 6.18 Å². The van der Waals surface area contributed by atoms with Gasteiger partial charge in [0.1, 0.15) is 5.01 Å². The summed E-state index contributed by atoms with van der Waals surface area (Å²) in [5.74, 6) is -0.287. The molecule has 0 fully saturated rings. The van der Waals surface area contributed by atoms with Crippen LogP contribution in [0.1, 0.15) is 23.3 Å². The van der Waals surface area contributed by atoms with E-state index in [1.165, 1.54) is 0 Å². The number of nitrogens with two attached hydrogens (primary N) is 1. The highest BCUT2D eigenvalue weighted by atomic mass is 32.2. The van der Waals surface area contributed by atoms with Gasteiger partial charge in [0, 0.05) is 0 Å². The third-order valence-corrected chi connectivity index (χ3v) is 3.88. The smallest absolute Gasteiger partial charge is 0.322 e. The van der Waals surface area contributed by atoms with Crippen molar-refractivity contribution in [3.63, 3.8) is 0 Å². The first-order valence-corrected chi connectivity index (χ1v) is 7.18. The van der Waals surface area contributed by atoms with E-state index < -0.39 is 12.0 Å². The molecule has 2 aromatic heterocycles. The molecule has 5 nitrogen and oxygen atoms in total. The fourth-order valence-corrected chi connectivity index (χ4v) is 2.69. The molecule has 2 heterocycles. The lowest BCUT2D eigenvalue weighted by Gasteiger charge is -2.05. The average molecular weight is 297 g/mol. The average Bonchev–Trinajstić information content (AvgIpc) is 2.82. The maximum atomic E-state index is 12.6. The highest BCUT2D eigenvalue weighted by Crippen LogP contribution is 2.30. The number of hydrogen-bond acceptors (Lipinski definition) is 6. The number of nitrogens with zero attached hydrogens (tertiary/aromatic N) is 4. The number of rotatable bonds is 4. The van der Waals surface area contributed by atoms with Crippen LogP contribution in [0.2, 0.25) is 0 Å². The topological polar surface area (TPSA) is 69.1 Å². The summed E-state index contributed by atoms with van der Waals surface area (Å²) in [7, 11) is 0. The molecule has 10 heteroatoms. The second kappa shape index (κ2) is 5.02. The summed E-state index contributed by atoms with van der Waals surface area (Å²) in [4.78, 5) is 0.108. The van der Waals surface area contributed by atoms with Crippen LogP contribution in [-0.2, 0) is 6.18 Å². The molecule has 0 bridgehead atoms. The Labute approximate surface area is 109 Å². The molecule has 18 heavy (non-hydrogen) atoms. The van der Waals surface area contributed by atoms with E-state index in [1.807, 2.05) is 6.26 Å². The van der Waals surface area contributed by atoms with Crippen molar-refractivity contribution in [1.82, 2.24) is 19.8 Å². The molecule has 1 atom stereocenters. The van der Waals surface area contributed by atoms with Crippen molar-refractivity contribution in [3.05, 3.63) is 10.8 Å². The van der Waals surface area contributed by atoms with Gasteiger partial charge in [-0.15, -0.1) is 10.2 Å². The zero-order chi connectivity index (χ0) is 13.3. The number of halogens is 3. The number of fused-ring (bicyclic) bond motifs is 1. The second-order valence-electron chi connectivity index (χ2n) is 3.54. The van der Waals surface area contributed by atoms with Crippen LogP contribution >= 0.6 is 23.1 Å². The van der Waals surface area contributed by atoms with Crippen molar-refractivity contribution < 1.29 is 13.2 Å². The van der Waals surface area contributed by atoms with E-state index in [9.17, 15) is 13.2 Å². The summed E-state index contributed by atoms with van der Waals surface area (Å²) in [5, 5.41) is 10.8. The summed E-state index contributed by atoms with van der Waals surface area (Å²) < 4.78 is 38.4. The molecule has 2 aromatic rings. The fourth-order valence-electron chi connectivity index (χ4n) is 1.33. The van der Waals surface area contributed by atoms with Crippen LogP contribution in [0, 0.1) is 0 Å². The maximum Gasteiger partial charge on any atom is 0.453 e. The molecule has 0 aliphatic heterocycles. The van der Waals surface area contributed by atoms with Crippen LogP contribution in [0.3, 0.4) is 0 Å².